The summed E-state index contributed by atoms with van der Waals surface area (Å²) < 4.78 is 17.8. The van der Waals surface area contributed by atoms with E-state index in [9.17, 15) is 0 Å². The first kappa shape index (κ1) is 22.8. The topological polar surface area (TPSA) is 40.7 Å². The van der Waals surface area contributed by atoms with Gasteiger partial charge in [-0.25, -0.2) is 0 Å². The Morgan fingerprint density at radius 1 is 0.526 bits per heavy atom. The number of ether oxygens (including phenoxy) is 3. The zero-order chi connectivity index (χ0) is 25.1. The molecule has 2 fully saturated rings. The fourth-order valence-electron chi connectivity index (χ4n) is 7.03. The molecule has 0 atom stereocenters. The maximum absolute atomic E-state index is 6.63. The lowest BCUT2D eigenvalue weighted by atomic mass is 9.74. The Labute approximate surface area is 224 Å². The van der Waals surface area contributed by atoms with Crippen LogP contribution >= 0.6 is 0 Å². The maximum atomic E-state index is 6.63. The summed E-state index contributed by atoms with van der Waals surface area (Å²) in [5.41, 5.74) is 9.32. The van der Waals surface area contributed by atoms with Gasteiger partial charge in [0.25, 0.3) is 0 Å². The normalized spacial score (nSPS) is 20.3. The van der Waals surface area contributed by atoms with Crippen LogP contribution in [0.3, 0.4) is 0 Å². The van der Waals surface area contributed by atoms with Crippen molar-refractivity contribution < 1.29 is 14.2 Å². The number of anilines is 4. The van der Waals surface area contributed by atoms with Gasteiger partial charge in [0.2, 0.25) is 0 Å². The van der Waals surface area contributed by atoms with Crippen LogP contribution in [-0.4, -0.2) is 88.6 Å². The van der Waals surface area contributed by atoms with Crippen molar-refractivity contribution in [2.24, 2.45) is 0 Å². The van der Waals surface area contributed by atoms with E-state index in [1.807, 2.05) is 0 Å². The van der Waals surface area contributed by atoms with Crippen molar-refractivity contribution in [2.75, 3.05) is 88.6 Å². The van der Waals surface area contributed by atoms with Crippen molar-refractivity contribution in [3.63, 3.8) is 0 Å². The summed E-state index contributed by atoms with van der Waals surface area (Å²) in [4.78, 5) is 10.1. The van der Waals surface area contributed by atoms with Crippen LogP contribution in [0.5, 0.6) is 11.5 Å². The number of hydrogen-bond donors (Lipinski definition) is 0. The van der Waals surface area contributed by atoms with Gasteiger partial charge < -0.3 is 24.0 Å². The first-order valence-corrected chi connectivity index (χ1v) is 14.1. The standard InChI is InChI=1S/C31H34N4O3/c1-4-22-28-23(5-1)35(13-11-33-16-20-37-21-17-33)25-7-3-9-27-30(25)31(28)29-24(6-2-8-26(29)38-27)34(22)12-10-32-14-18-36-19-15-32/h1-9,31H,10-21H2. The Hall–Kier alpha value is -3.10. The van der Waals surface area contributed by atoms with Gasteiger partial charge in [-0.15, -0.1) is 0 Å². The maximum Gasteiger partial charge on any atom is 0.133 e. The summed E-state index contributed by atoms with van der Waals surface area (Å²) in [6.07, 6.45) is 0. The minimum absolute atomic E-state index is 0.201. The highest BCUT2D eigenvalue weighted by molar-refractivity contribution is 5.92. The zero-order valence-corrected chi connectivity index (χ0v) is 21.8. The molecular formula is C31H34N4O3. The molecule has 3 aromatic rings. The SMILES string of the molecule is c1cc2c3c(c1)N(CCN1CCOCC1)c1cccc4c1C3c1c(cccc1N4CCN1CCOCC1)O2. The lowest BCUT2D eigenvalue weighted by Crippen LogP contribution is -2.43. The largest absolute Gasteiger partial charge is 0.457 e. The molecule has 0 amide bonds. The monoisotopic (exact) mass is 510 g/mol. The third kappa shape index (κ3) is 3.57. The molecule has 38 heavy (non-hydrogen) atoms. The third-order valence-corrected chi connectivity index (χ3v) is 8.88. The first-order chi connectivity index (χ1) is 18.9. The molecule has 8 rings (SSSR count). The molecule has 0 aliphatic carbocycles. The second-order valence-electron chi connectivity index (χ2n) is 10.8. The van der Waals surface area contributed by atoms with Gasteiger partial charge in [0, 0.05) is 97.7 Å². The molecule has 5 aliphatic heterocycles. The number of hydrogen-bond acceptors (Lipinski definition) is 7. The average Bonchev–Trinajstić information content (AvgIpc) is 2.98. The third-order valence-electron chi connectivity index (χ3n) is 8.88. The Bertz CT molecular complexity index is 1270. The molecule has 0 N–H and O–H groups in total. The highest BCUT2D eigenvalue weighted by atomic mass is 16.5. The van der Waals surface area contributed by atoms with E-state index >= 15 is 0 Å². The smallest absolute Gasteiger partial charge is 0.133 e. The summed E-state index contributed by atoms with van der Waals surface area (Å²) in [7, 11) is 0. The molecule has 0 aromatic heterocycles. The molecule has 0 bridgehead atoms. The average molecular weight is 511 g/mol. The van der Waals surface area contributed by atoms with Crippen LogP contribution in [0.4, 0.5) is 22.7 Å². The Kier molecular flexibility index (Phi) is 5.58. The molecule has 7 nitrogen and oxygen atoms in total. The molecular weight excluding hydrogens is 476 g/mol. The van der Waals surface area contributed by atoms with Gasteiger partial charge in [0.15, 0.2) is 0 Å². The van der Waals surface area contributed by atoms with Crippen molar-refractivity contribution in [1.82, 2.24) is 9.80 Å². The molecule has 0 unspecified atom stereocenters. The number of nitrogens with zero attached hydrogens (tertiary/aromatic N) is 4. The van der Waals surface area contributed by atoms with E-state index in [-0.39, 0.29) is 5.92 Å². The predicted octanol–water partition coefficient (Wildman–Crippen LogP) is 4.54. The minimum Gasteiger partial charge on any atom is -0.457 e. The number of rotatable bonds is 6. The van der Waals surface area contributed by atoms with Crippen LogP contribution in [0.15, 0.2) is 54.6 Å². The lowest BCUT2D eigenvalue weighted by Gasteiger charge is -2.47. The lowest BCUT2D eigenvalue weighted by molar-refractivity contribution is 0.0393. The summed E-state index contributed by atoms with van der Waals surface area (Å²) in [6, 6.07) is 20.1. The molecule has 3 aromatic carbocycles. The molecule has 0 spiro atoms. The number of morpholine rings is 2. The van der Waals surface area contributed by atoms with Crippen LogP contribution in [0.1, 0.15) is 22.6 Å². The summed E-state index contributed by atoms with van der Waals surface area (Å²) in [5, 5.41) is 0. The van der Waals surface area contributed by atoms with E-state index in [1.54, 1.807) is 0 Å². The molecule has 2 saturated heterocycles. The van der Waals surface area contributed by atoms with E-state index in [0.29, 0.717) is 0 Å². The van der Waals surface area contributed by atoms with Crippen molar-refractivity contribution in [3.05, 3.63) is 71.3 Å². The summed E-state index contributed by atoms with van der Waals surface area (Å²) >= 11 is 0. The van der Waals surface area contributed by atoms with Gasteiger partial charge in [-0.1, -0.05) is 18.2 Å². The second-order valence-corrected chi connectivity index (χ2v) is 10.8. The van der Waals surface area contributed by atoms with Crippen LogP contribution in [0.25, 0.3) is 0 Å². The van der Waals surface area contributed by atoms with Crippen molar-refractivity contribution >= 4 is 22.7 Å². The summed E-state index contributed by atoms with van der Waals surface area (Å²) in [6.45, 7) is 11.3. The highest BCUT2D eigenvalue weighted by Crippen LogP contribution is 2.63. The molecule has 196 valence electrons. The molecule has 7 heteroatoms. The fraction of sp³-hybridized carbons (Fsp3) is 0.419. The molecule has 5 aliphatic rings. The van der Waals surface area contributed by atoms with Gasteiger partial charge in [0.05, 0.1) is 26.4 Å². The Balaban J connectivity index is 1.23. The van der Waals surface area contributed by atoms with Gasteiger partial charge in [-0.3, -0.25) is 9.80 Å². The van der Waals surface area contributed by atoms with E-state index in [4.69, 9.17) is 14.2 Å². The van der Waals surface area contributed by atoms with Crippen LogP contribution < -0.4 is 14.5 Å². The molecule has 5 heterocycles. The minimum atomic E-state index is 0.201. The quantitative estimate of drug-likeness (QED) is 0.377. The van der Waals surface area contributed by atoms with Crippen LogP contribution in [0.2, 0.25) is 0 Å². The molecule has 0 saturated carbocycles. The number of benzene rings is 3. The molecule has 0 radical (unpaired) electrons. The van der Waals surface area contributed by atoms with E-state index in [2.05, 4.69) is 74.2 Å². The van der Waals surface area contributed by atoms with Crippen molar-refractivity contribution in [2.45, 2.75) is 5.92 Å². The van der Waals surface area contributed by atoms with Gasteiger partial charge in [-0.2, -0.15) is 0 Å². The second kappa shape index (κ2) is 9.27. The fourth-order valence-corrected chi connectivity index (χ4v) is 7.03. The Morgan fingerprint density at radius 3 is 1.42 bits per heavy atom. The predicted molar refractivity (Wildman–Crippen MR) is 149 cm³/mol. The van der Waals surface area contributed by atoms with Crippen LogP contribution in [0, 0.1) is 0 Å². The van der Waals surface area contributed by atoms with Gasteiger partial charge >= 0.3 is 0 Å². The first-order valence-electron chi connectivity index (χ1n) is 14.1. The van der Waals surface area contributed by atoms with Gasteiger partial charge in [0.1, 0.15) is 11.5 Å². The van der Waals surface area contributed by atoms with E-state index < -0.39 is 0 Å². The highest BCUT2D eigenvalue weighted by Gasteiger charge is 2.45. The Morgan fingerprint density at radius 2 is 0.947 bits per heavy atom. The van der Waals surface area contributed by atoms with Gasteiger partial charge in [-0.05, 0) is 36.4 Å². The van der Waals surface area contributed by atoms with E-state index in [1.165, 1.54) is 39.4 Å². The van der Waals surface area contributed by atoms with Crippen molar-refractivity contribution in [1.29, 1.82) is 0 Å². The summed E-state index contributed by atoms with van der Waals surface area (Å²) in [5.74, 6) is 2.19. The zero-order valence-electron chi connectivity index (χ0n) is 21.8. The van der Waals surface area contributed by atoms with Crippen LogP contribution in [-0.2, 0) is 9.47 Å². The van der Waals surface area contributed by atoms with Crippen molar-refractivity contribution in [3.8, 4) is 11.5 Å². The van der Waals surface area contributed by atoms with E-state index in [0.717, 1.165) is 90.3 Å².